The van der Waals surface area contributed by atoms with Crippen molar-refractivity contribution in [3.63, 3.8) is 0 Å². The molecule has 0 aliphatic rings. The second-order valence-corrected chi connectivity index (χ2v) is 5.09. The van der Waals surface area contributed by atoms with Crippen molar-refractivity contribution in [2.75, 3.05) is 17.7 Å². The summed E-state index contributed by atoms with van der Waals surface area (Å²) in [5.41, 5.74) is 1.45. The molecule has 0 atom stereocenters. The number of benzene rings is 1. The van der Waals surface area contributed by atoms with Gasteiger partial charge < -0.3 is 10.6 Å². The van der Waals surface area contributed by atoms with Crippen LogP contribution in [0.3, 0.4) is 0 Å². The summed E-state index contributed by atoms with van der Waals surface area (Å²) in [6.45, 7) is 0. The maximum atomic E-state index is 12.2. The Labute approximate surface area is 131 Å². The third kappa shape index (κ3) is 3.15. The summed E-state index contributed by atoms with van der Waals surface area (Å²) in [5.74, 6) is -0.345. The molecule has 0 aliphatic carbocycles. The second-order valence-electron chi connectivity index (χ2n) is 3.87. The van der Waals surface area contributed by atoms with Gasteiger partial charge in [0, 0.05) is 25.1 Å². The van der Waals surface area contributed by atoms with Crippen molar-refractivity contribution < 1.29 is 4.79 Å². The number of hydrogen-bond acceptors (Lipinski definition) is 3. The Morgan fingerprint density at radius 2 is 1.80 bits per heavy atom. The molecule has 2 aromatic rings. The summed E-state index contributed by atoms with van der Waals surface area (Å²) in [4.78, 5) is 16.1. The summed E-state index contributed by atoms with van der Waals surface area (Å²) in [5, 5.41) is 6.54. The Morgan fingerprint density at radius 3 is 2.50 bits per heavy atom. The van der Waals surface area contributed by atoms with Crippen LogP contribution in [-0.4, -0.2) is 17.9 Å². The van der Waals surface area contributed by atoms with Crippen LogP contribution in [0.4, 0.5) is 11.4 Å². The molecule has 4 nitrogen and oxygen atoms in total. The number of carbonyl (C=O) groups excluding carboxylic acids is 1. The number of amides is 1. The van der Waals surface area contributed by atoms with E-state index < -0.39 is 0 Å². The molecule has 0 spiro atoms. The molecule has 20 heavy (non-hydrogen) atoms. The van der Waals surface area contributed by atoms with Gasteiger partial charge >= 0.3 is 0 Å². The van der Waals surface area contributed by atoms with Gasteiger partial charge in [0.2, 0.25) is 0 Å². The van der Waals surface area contributed by atoms with Crippen molar-refractivity contribution in [1.29, 1.82) is 0 Å². The zero-order valence-electron chi connectivity index (χ0n) is 10.4. The number of rotatable bonds is 3. The fraction of sp³-hybridized carbons (Fsp3) is 0.0769. The normalized spacial score (nSPS) is 10.2. The lowest BCUT2D eigenvalue weighted by Crippen LogP contribution is -2.14. The molecule has 1 heterocycles. The zero-order chi connectivity index (χ0) is 14.7. The molecule has 0 aliphatic heterocycles. The number of anilines is 2. The first-order chi connectivity index (χ1) is 9.52. The third-order valence-corrected chi connectivity index (χ3v) is 3.63. The smallest absolute Gasteiger partial charge is 0.259 e. The van der Waals surface area contributed by atoms with Gasteiger partial charge in [0.25, 0.3) is 5.91 Å². The zero-order valence-corrected chi connectivity index (χ0v) is 12.6. The van der Waals surface area contributed by atoms with Crippen molar-refractivity contribution >= 4 is 52.1 Å². The number of pyridine rings is 1. The van der Waals surface area contributed by atoms with Crippen molar-refractivity contribution in [2.24, 2.45) is 0 Å². The van der Waals surface area contributed by atoms with E-state index in [4.69, 9.17) is 34.8 Å². The van der Waals surface area contributed by atoms with E-state index in [1.807, 2.05) is 0 Å². The first kappa shape index (κ1) is 14.9. The van der Waals surface area contributed by atoms with E-state index >= 15 is 0 Å². The lowest BCUT2D eigenvalue weighted by atomic mass is 10.2. The van der Waals surface area contributed by atoms with E-state index in [1.165, 1.54) is 18.3 Å². The number of nitrogens with zero attached hydrogens (tertiary/aromatic N) is 1. The molecule has 104 valence electrons. The van der Waals surface area contributed by atoms with Gasteiger partial charge in [-0.2, -0.15) is 0 Å². The van der Waals surface area contributed by atoms with Gasteiger partial charge in [-0.3, -0.25) is 9.78 Å². The summed E-state index contributed by atoms with van der Waals surface area (Å²) >= 11 is 17.8. The maximum Gasteiger partial charge on any atom is 0.259 e. The highest BCUT2D eigenvalue weighted by Gasteiger charge is 2.14. The predicted octanol–water partition coefficient (Wildman–Crippen LogP) is 4.34. The van der Waals surface area contributed by atoms with Crippen molar-refractivity contribution in [1.82, 2.24) is 4.98 Å². The number of hydrogen-bond donors (Lipinski definition) is 2. The molecule has 2 rings (SSSR count). The molecule has 0 fully saturated rings. The Hall–Kier alpha value is -1.49. The van der Waals surface area contributed by atoms with E-state index in [9.17, 15) is 4.79 Å². The van der Waals surface area contributed by atoms with Crippen LogP contribution in [0.1, 0.15) is 10.4 Å². The van der Waals surface area contributed by atoms with Crippen LogP contribution < -0.4 is 10.6 Å². The number of nitrogens with one attached hydrogen (secondary N) is 2. The lowest BCUT2D eigenvalue weighted by molar-refractivity contribution is 0.102. The number of aromatic nitrogens is 1. The topological polar surface area (TPSA) is 54.0 Å². The highest BCUT2D eigenvalue weighted by Crippen LogP contribution is 2.32. The van der Waals surface area contributed by atoms with Crippen LogP contribution in [0.25, 0.3) is 0 Å². The molecule has 1 amide bonds. The Kier molecular flexibility index (Phi) is 4.70. The fourth-order valence-corrected chi connectivity index (χ4v) is 2.20. The summed E-state index contributed by atoms with van der Waals surface area (Å²) in [7, 11) is 1.72. The average molecular weight is 331 g/mol. The average Bonchev–Trinajstić information content (AvgIpc) is 2.44. The number of carbonyl (C=O) groups is 1. The minimum atomic E-state index is -0.345. The molecule has 7 heteroatoms. The highest BCUT2D eigenvalue weighted by molar-refractivity contribution is 6.44. The minimum absolute atomic E-state index is 0.308. The molecule has 0 radical (unpaired) electrons. The van der Waals surface area contributed by atoms with Crippen molar-refractivity contribution in [3.05, 3.63) is 51.2 Å². The monoisotopic (exact) mass is 329 g/mol. The predicted molar refractivity (Wildman–Crippen MR) is 83.2 cm³/mol. The van der Waals surface area contributed by atoms with Crippen molar-refractivity contribution in [3.8, 4) is 0 Å². The van der Waals surface area contributed by atoms with E-state index in [0.29, 0.717) is 32.0 Å². The van der Waals surface area contributed by atoms with Crippen LogP contribution in [0, 0.1) is 0 Å². The molecular formula is C13H10Cl3N3O. The second kappa shape index (κ2) is 6.31. The summed E-state index contributed by atoms with van der Waals surface area (Å²) in [6.07, 6.45) is 3.06. The van der Waals surface area contributed by atoms with Gasteiger partial charge in [-0.25, -0.2) is 0 Å². The molecule has 2 N–H and O–H groups in total. The SMILES string of the molecule is CNc1ccncc1C(=O)Nc1cc(Cl)c(Cl)cc1Cl. The van der Waals surface area contributed by atoms with Crippen LogP contribution in [-0.2, 0) is 0 Å². The number of halogens is 3. The fourth-order valence-electron chi connectivity index (χ4n) is 1.60. The standard InChI is InChI=1S/C13H10Cl3N3O/c1-17-11-2-3-18-6-7(11)13(20)19-12-5-9(15)8(14)4-10(12)16/h2-6H,1H3,(H,17,18)(H,19,20). The van der Waals surface area contributed by atoms with Crippen LogP contribution in [0.15, 0.2) is 30.6 Å². The van der Waals surface area contributed by atoms with E-state index in [1.54, 1.807) is 19.3 Å². The van der Waals surface area contributed by atoms with Gasteiger partial charge in [0.15, 0.2) is 0 Å². The highest BCUT2D eigenvalue weighted by atomic mass is 35.5. The van der Waals surface area contributed by atoms with Gasteiger partial charge in [-0.15, -0.1) is 0 Å². The first-order valence-electron chi connectivity index (χ1n) is 5.60. The Morgan fingerprint density at radius 1 is 1.10 bits per heavy atom. The molecule has 1 aromatic carbocycles. The van der Waals surface area contributed by atoms with E-state index in [-0.39, 0.29) is 5.91 Å². The van der Waals surface area contributed by atoms with Gasteiger partial charge in [0.1, 0.15) is 0 Å². The first-order valence-corrected chi connectivity index (χ1v) is 6.74. The van der Waals surface area contributed by atoms with E-state index in [2.05, 4.69) is 15.6 Å². The van der Waals surface area contributed by atoms with Crippen molar-refractivity contribution in [2.45, 2.75) is 0 Å². The third-order valence-electron chi connectivity index (χ3n) is 2.59. The largest absolute Gasteiger partial charge is 0.387 e. The van der Waals surface area contributed by atoms with E-state index in [0.717, 1.165) is 0 Å². The van der Waals surface area contributed by atoms with Gasteiger partial charge in [0.05, 0.1) is 26.3 Å². The quantitative estimate of drug-likeness (QED) is 0.823. The minimum Gasteiger partial charge on any atom is -0.387 e. The van der Waals surface area contributed by atoms with Crippen LogP contribution in [0.5, 0.6) is 0 Å². The van der Waals surface area contributed by atoms with Crippen LogP contribution >= 0.6 is 34.8 Å². The summed E-state index contributed by atoms with van der Waals surface area (Å²) in [6, 6.07) is 4.67. The van der Waals surface area contributed by atoms with Gasteiger partial charge in [-0.05, 0) is 18.2 Å². The maximum absolute atomic E-state index is 12.2. The van der Waals surface area contributed by atoms with Crippen LogP contribution in [0.2, 0.25) is 15.1 Å². The molecule has 0 unspecified atom stereocenters. The summed E-state index contributed by atoms with van der Waals surface area (Å²) < 4.78 is 0. The molecule has 0 saturated carbocycles. The lowest BCUT2D eigenvalue weighted by Gasteiger charge is -2.11. The Bertz CT molecular complexity index is 661. The molecule has 1 aromatic heterocycles. The molecular weight excluding hydrogens is 321 g/mol. The Balaban J connectivity index is 2.30. The van der Waals surface area contributed by atoms with Gasteiger partial charge in [-0.1, -0.05) is 34.8 Å². The molecule has 0 bridgehead atoms. The molecule has 0 saturated heterocycles.